The van der Waals surface area contributed by atoms with E-state index >= 15 is 0 Å². The average molecular weight is 183 g/mol. The van der Waals surface area contributed by atoms with Crippen molar-refractivity contribution in [3.05, 3.63) is 35.6 Å². The fourth-order valence-electron chi connectivity index (χ4n) is 1.18. The molecular weight excluding hydrogens is 169 g/mol. The molecule has 0 aliphatic carbocycles. The van der Waals surface area contributed by atoms with E-state index in [1.807, 2.05) is 19.9 Å². The molecule has 0 heterocycles. The van der Waals surface area contributed by atoms with E-state index in [1.54, 1.807) is 6.07 Å². The first-order chi connectivity index (χ1) is 6.03. The molecular formula is C10H14FNO. The van der Waals surface area contributed by atoms with Gasteiger partial charge in [0.2, 0.25) is 0 Å². The molecule has 0 aliphatic heterocycles. The third-order valence-corrected chi connectivity index (χ3v) is 1.84. The molecule has 3 heteroatoms. The summed E-state index contributed by atoms with van der Waals surface area (Å²) in [6, 6.07) is 6.43. The highest BCUT2D eigenvalue weighted by Gasteiger charge is 2.17. The molecule has 2 nitrogen and oxygen atoms in total. The van der Waals surface area contributed by atoms with Crippen LogP contribution in [0, 0.1) is 5.82 Å². The highest BCUT2D eigenvalue weighted by molar-refractivity contribution is 5.17. The van der Waals surface area contributed by atoms with Crippen LogP contribution >= 0.6 is 0 Å². The summed E-state index contributed by atoms with van der Waals surface area (Å²) in [5, 5.41) is 0. The van der Waals surface area contributed by atoms with E-state index in [0.29, 0.717) is 6.42 Å². The van der Waals surface area contributed by atoms with Crippen molar-refractivity contribution >= 4 is 0 Å². The van der Waals surface area contributed by atoms with Gasteiger partial charge in [-0.2, -0.15) is 0 Å². The molecule has 0 fully saturated rings. The first kappa shape index (κ1) is 10.2. The average Bonchev–Trinajstić information content (AvgIpc) is 2.03. The number of nitrogens with two attached hydrogens (primary N) is 1. The topological polar surface area (TPSA) is 35.2 Å². The van der Waals surface area contributed by atoms with Gasteiger partial charge < -0.3 is 0 Å². The van der Waals surface area contributed by atoms with Crippen molar-refractivity contribution in [2.24, 2.45) is 5.90 Å². The van der Waals surface area contributed by atoms with Crippen LogP contribution in [0.15, 0.2) is 24.3 Å². The second-order valence-corrected chi connectivity index (χ2v) is 3.68. The van der Waals surface area contributed by atoms with Gasteiger partial charge in [-0.15, -0.1) is 0 Å². The maximum absolute atomic E-state index is 12.8. The maximum Gasteiger partial charge on any atom is 0.123 e. The summed E-state index contributed by atoms with van der Waals surface area (Å²) in [7, 11) is 0. The third kappa shape index (κ3) is 3.13. The van der Waals surface area contributed by atoms with Crippen molar-refractivity contribution in [2.75, 3.05) is 0 Å². The molecule has 13 heavy (non-hydrogen) atoms. The summed E-state index contributed by atoms with van der Waals surface area (Å²) >= 11 is 0. The van der Waals surface area contributed by atoms with Gasteiger partial charge in [0.25, 0.3) is 0 Å². The molecule has 72 valence electrons. The van der Waals surface area contributed by atoms with Crippen molar-refractivity contribution in [1.82, 2.24) is 0 Å². The number of benzene rings is 1. The van der Waals surface area contributed by atoms with Gasteiger partial charge in [0.05, 0.1) is 5.60 Å². The van der Waals surface area contributed by atoms with Crippen molar-refractivity contribution in [1.29, 1.82) is 0 Å². The lowest BCUT2D eigenvalue weighted by Crippen LogP contribution is -2.30. The van der Waals surface area contributed by atoms with Crippen LogP contribution in [-0.4, -0.2) is 5.60 Å². The Bertz CT molecular complexity index is 286. The van der Waals surface area contributed by atoms with Crippen molar-refractivity contribution in [3.8, 4) is 0 Å². The lowest BCUT2D eigenvalue weighted by Gasteiger charge is -2.21. The smallest absolute Gasteiger partial charge is 0.123 e. The predicted octanol–water partition coefficient (Wildman–Crippen LogP) is 2.04. The van der Waals surface area contributed by atoms with Crippen LogP contribution in [0.25, 0.3) is 0 Å². The summed E-state index contributed by atoms with van der Waals surface area (Å²) < 4.78 is 12.8. The van der Waals surface area contributed by atoms with E-state index in [4.69, 9.17) is 10.7 Å². The van der Waals surface area contributed by atoms with Crippen molar-refractivity contribution < 1.29 is 9.23 Å². The Labute approximate surface area is 77.5 Å². The zero-order chi connectivity index (χ0) is 9.90. The summed E-state index contributed by atoms with van der Waals surface area (Å²) in [4.78, 5) is 4.76. The molecule has 0 spiro atoms. The summed E-state index contributed by atoms with van der Waals surface area (Å²) in [5.74, 6) is 4.87. The molecule has 0 bridgehead atoms. The Hall–Kier alpha value is -0.930. The second-order valence-electron chi connectivity index (χ2n) is 3.68. The number of hydrogen-bond donors (Lipinski definition) is 1. The number of halogens is 1. The molecule has 0 aliphatic rings. The first-order valence-electron chi connectivity index (χ1n) is 4.16. The molecule has 1 aromatic rings. The fourth-order valence-corrected chi connectivity index (χ4v) is 1.18. The van der Waals surface area contributed by atoms with Gasteiger partial charge in [-0.3, -0.25) is 4.84 Å². The molecule has 0 aromatic heterocycles. The molecule has 1 rings (SSSR count). The quantitative estimate of drug-likeness (QED) is 0.728. The van der Waals surface area contributed by atoms with Gasteiger partial charge in [-0.25, -0.2) is 10.3 Å². The lowest BCUT2D eigenvalue weighted by molar-refractivity contribution is -0.0187. The van der Waals surface area contributed by atoms with Gasteiger partial charge in [0.1, 0.15) is 5.82 Å². The highest BCUT2D eigenvalue weighted by atomic mass is 19.1. The van der Waals surface area contributed by atoms with E-state index in [0.717, 1.165) is 5.56 Å². The summed E-state index contributed by atoms with van der Waals surface area (Å²) in [6.45, 7) is 3.72. The zero-order valence-corrected chi connectivity index (χ0v) is 7.88. The zero-order valence-electron chi connectivity index (χ0n) is 7.88. The molecule has 0 saturated heterocycles. The van der Waals surface area contributed by atoms with Crippen LogP contribution in [-0.2, 0) is 11.3 Å². The Morgan fingerprint density at radius 1 is 1.46 bits per heavy atom. The minimum Gasteiger partial charge on any atom is -0.298 e. The fraction of sp³-hybridized carbons (Fsp3) is 0.400. The SMILES string of the molecule is CC(C)(Cc1cccc(F)c1)ON. The van der Waals surface area contributed by atoms with E-state index < -0.39 is 5.60 Å². The molecule has 0 amide bonds. The largest absolute Gasteiger partial charge is 0.298 e. The molecule has 0 atom stereocenters. The molecule has 0 unspecified atom stereocenters. The first-order valence-corrected chi connectivity index (χ1v) is 4.16. The predicted molar refractivity (Wildman–Crippen MR) is 49.5 cm³/mol. The van der Waals surface area contributed by atoms with Crippen LogP contribution in [0.5, 0.6) is 0 Å². The maximum atomic E-state index is 12.8. The minimum atomic E-state index is -0.451. The normalized spacial score (nSPS) is 11.7. The summed E-state index contributed by atoms with van der Waals surface area (Å²) in [5.41, 5.74) is 0.434. The van der Waals surface area contributed by atoms with Crippen LogP contribution in [0.4, 0.5) is 4.39 Å². The Balaban J connectivity index is 2.74. The van der Waals surface area contributed by atoms with Gasteiger partial charge >= 0.3 is 0 Å². The number of rotatable bonds is 3. The Kier molecular flexibility index (Phi) is 3.01. The van der Waals surface area contributed by atoms with Crippen LogP contribution in [0.3, 0.4) is 0 Å². The Morgan fingerprint density at radius 2 is 2.15 bits per heavy atom. The molecule has 0 saturated carbocycles. The Morgan fingerprint density at radius 3 is 2.69 bits per heavy atom. The van der Waals surface area contributed by atoms with Gasteiger partial charge in [-0.05, 0) is 31.5 Å². The number of hydrogen-bond acceptors (Lipinski definition) is 2. The van der Waals surface area contributed by atoms with E-state index in [-0.39, 0.29) is 5.82 Å². The molecule has 1 aromatic carbocycles. The van der Waals surface area contributed by atoms with Crippen molar-refractivity contribution in [2.45, 2.75) is 25.9 Å². The minimum absolute atomic E-state index is 0.231. The van der Waals surface area contributed by atoms with E-state index in [9.17, 15) is 4.39 Å². The van der Waals surface area contributed by atoms with Crippen LogP contribution in [0.2, 0.25) is 0 Å². The van der Waals surface area contributed by atoms with E-state index in [2.05, 4.69) is 0 Å². The van der Waals surface area contributed by atoms with Crippen LogP contribution < -0.4 is 5.90 Å². The monoisotopic (exact) mass is 183 g/mol. The second kappa shape index (κ2) is 3.85. The van der Waals surface area contributed by atoms with Crippen LogP contribution in [0.1, 0.15) is 19.4 Å². The van der Waals surface area contributed by atoms with Crippen molar-refractivity contribution in [3.63, 3.8) is 0 Å². The molecule has 0 radical (unpaired) electrons. The van der Waals surface area contributed by atoms with Gasteiger partial charge in [0.15, 0.2) is 0 Å². The van der Waals surface area contributed by atoms with Gasteiger partial charge in [-0.1, -0.05) is 12.1 Å². The van der Waals surface area contributed by atoms with E-state index in [1.165, 1.54) is 12.1 Å². The molecule has 2 N–H and O–H groups in total. The standard InChI is InChI=1S/C10H14FNO/c1-10(2,13-12)7-8-4-3-5-9(11)6-8/h3-6H,7,12H2,1-2H3. The van der Waals surface area contributed by atoms with Gasteiger partial charge in [0, 0.05) is 6.42 Å². The summed E-state index contributed by atoms with van der Waals surface area (Å²) in [6.07, 6.45) is 0.598. The lowest BCUT2D eigenvalue weighted by atomic mass is 9.99. The highest BCUT2D eigenvalue weighted by Crippen LogP contribution is 2.15. The third-order valence-electron chi connectivity index (χ3n) is 1.84.